The van der Waals surface area contributed by atoms with Gasteiger partial charge in [-0.25, -0.2) is 4.79 Å². The van der Waals surface area contributed by atoms with Crippen molar-refractivity contribution in [1.29, 1.82) is 0 Å². The van der Waals surface area contributed by atoms with Crippen molar-refractivity contribution in [2.45, 2.75) is 31.3 Å². The number of nitrogens with one attached hydrogen (secondary N) is 1. The quantitative estimate of drug-likeness (QED) is 0.465. The third-order valence-corrected chi connectivity index (χ3v) is 4.18. The minimum atomic E-state index is -3.62. The van der Waals surface area contributed by atoms with Gasteiger partial charge >= 0.3 is 5.97 Å². The van der Waals surface area contributed by atoms with Crippen molar-refractivity contribution < 1.29 is 22.1 Å². The summed E-state index contributed by atoms with van der Waals surface area (Å²) in [7, 11) is -2.35. The summed E-state index contributed by atoms with van der Waals surface area (Å²) >= 11 is 0. The third kappa shape index (κ3) is 2.56. The Balaban J connectivity index is 2.14. The van der Waals surface area contributed by atoms with E-state index in [0.29, 0.717) is 18.5 Å². The molecule has 7 heteroatoms. The van der Waals surface area contributed by atoms with Gasteiger partial charge in [0.15, 0.2) is 0 Å². The molecule has 1 spiro atoms. The summed E-state index contributed by atoms with van der Waals surface area (Å²) in [4.78, 5) is 10.9. The van der Waals surface area contributed by atoms with Crippen LogP contribution in [0.15, 0.2) is 23.4 Å². The molecule has 6 nitrogen and oxygen atoms in total. The van der Waals surface area contributed by atoms with Crippen LogP contribution < -0.4 is 5.32 Å². The fourth-order valence-electron chi connectivity index (χ4n) is 2.27. The molecule has 1 aliphatic carbocycles. The predicted molar refractivity (Wildman–Crippen MR) is 63.6 cm³/mol. The summed E-state index contributed by atoms with van der Waals surface area (Å²) in [6, 6.07) is 0. The molecule has 0 amide bonds. The monoisotopic (exact) mass is 273 g/mol. The zero-order valence-corrected chi connectivity index (χ0v) is 10.8. The van der Waals surface area contributed by atoms with Crippen molar-refractivity contribution >= 4 is 16.1 Å². The Morgan fingerprint density at radius 1 is 1.50 bits per heavy atom. The molecule has 0 aromatic rings. The van der Waals surface area contributed by atoms with E-state index < -0.39 is 21.7 Å². The first kappa shape index (κ1) is 13.1. The number of carbonyl (C=O) groups is 1. The van der Waals surface area contributed by atoms with E-state index in [1.807, 2.05) is 0 Å². The van der Waals surface area contributed by atoms with Crippen LogP contribution in [0, 0.1) is 0 Å². The van der Waals surface area contributed by atoms with Crippen LogP contribution in [0.25, 0.3) is 0 Å². The molecule has 0 radical (unpaired) electrons. The Morgan fingerprint density at radius 3 is 2.78 bits per heavy atom. The number of esters is 1. The normalized spacial score (nSPS) is 24.4. The van der Waals surface area contributed by atoms with Gasteiger partial charge in [-0.15, -0.1) is 0 Å². The first-order valence-corrected chi connectivity index (χ1v) is 7.13. The van der Waals surface area contributed by atoms with Gasteiger partial charge in [0.2, 0.25) is 0 Å². The molecule has 0 bridgehead atoms. The lowest BCUT2D eigenvalue weighted by Crippen LogP contribution is -2.33. The van der Waals surface area contributed by atoms with Crippen molar-refractivity contribution in [2.24, 2.45) is 0 Å². The van der Waals surface area contributed by atoms with E-state index in [2.05, 4.69) is 10.1 Å². The van der Waals surface area contributed by atoms with E-state index in [1.54, 1.807) is 0 Å². The highest BCUT2D eigenvalue weighted by molar-refractivity contribution is 7.90. The number of hydrogen-bond acceptors (Lipinski definition) is 6. The lowest BCUT2D eigenvalue weighted by atomic mass is 9.99. The molecular formula is C11H15NO5S. The Bertz CT molecular complexity index is 500. The molecule has 0 atom stereocenters. The molecule has 1 saturated carbocycles. The second-order valence-electron chi connectivity index (χ2n) is 4.31. The van der Waals surface area contributed by atoms with Gasteiger partial charge in [0.1, 0.15) is 5.60 Å². The highest BCUT2D eigenvalue weighted by Gasteiger charge is 2.47. The summed E-state index contributed by atoms with van der Waals surface area (Å²) in [5.41, 5.74) is -0.278. The second kappa shape index (κ2) is 4.74. The standard InChI is InChI=1S/C11H15NO5S/c1-16-10(13)4-7-12-9-8-18(14,15)17-11(9)5-2-3-6-11/h4,7-8,12H,2-3,5-6H2,1H3/b7-4+. The Kier molecular flexibility index (Phi) is 3.45. The summed E-state index contributed by atoms with van der Waals surface area (Å²) in [6.07, 6.45) is 5.73. The van der Waals surface area contributed by atoms with Gasteiger partial charge < -0.3 is 10.1 Å². The lowest BCUT2D eigenvalue weighted by Gasteiger charge is -2.24. The zero-order chi connectivity index (χ0) is 13.2. The molecule has 0 aromatic heterocycles. The summed E-state index contributed by atoms with van der Waals surface area (Å²) in [6.45, 7) is 0. The molecule has 0 aromatic carbocycles. The van der Waals surface area contributed by atoms with Gasteiger partial charge in [-0.05, 0) is 25.7 Å². The van der Waals surface area contributed by atoms with E-state index in [1.165, 1.54) is 19.4 Å². The van der Waals surface area contributed by atoms with Crippen molar-refractivity contribution in [3.63, 3.8) is 0 Å². The second-order valence-corrected chi connectivity index (χ2v) is 5.70. The van der Waals surface area contributed by atoms with E-state index in [9.17, 15) is 13.2 Å². The van der Waals surface area contributed by atoms with Crippen LogP contribution in [-0.4, -0.2) is 27.1 Å². The number of carbonyl (C=O) groups excluding carboxylic acids is 1. The number of methoxy groups -OCH3 is 1. The SMILES string of the molecule is COC(=O)/C=C/NC1=CS(=O)(=O)OC12CCCC2. The molecule has 2 aliphatic rings. The Labute approximate surface area is 106 Å². The molecule has 100 valence electrons. The maximum Gasteiger partial charge on any atom is 0.331 e. The minimum Gasteiger partial charge on any atom is -0.466 e. The molecule has 2 rings (SSSR count). The first-order chi connectivity index (χ1) is 8.47. The maximum atomic E-state index is 11.5. The van der Waals surface area contributed by atoms with Crippen LogP contribution in [0.3, 0.4) is 0 Å². The van der Waals surface area contributed by atoms with Crippen molar-refractivity contribution in [1.82, 2.24) is 5.32 Å². The highest BCUT2D eigenvalue weighted by atomic mass is 32.2. The number of rotatable bonds is 3. The summed E-state index contributed by atoms with van der Waals surface area (Å²) in [5.74, 6) is -0.509. The van der Waals surface area contributed by atoms with Gasteiger partial charge in [-0.2, -0.15) is 8.42 Å². The molecule has 1 heterocycles. The Morgan fingerprint density at radius 2 is 2.17 bits per heavy atom. The third-order valence-electron chi connectivity index (χ3n) is 3.10. The lowest BCUT2D eigenvalue weighted by molar-refractivity contribution is -0.134. The van der Waals surface area contributed by atoms with Gasteiger partial charge in [-0.3, -0.25) is 4.18 Å². The fraction of sp³-hybridized carbons (Fsp3) is 0.545. The van der Waals surface area contributed by atoms with Gasteiger partial charge in [0.25, 0.3) is 10.1 Å². The topological polar surface area (TPSA) is 81.7 Å². The minimum absolute atomic E-state index is 0.486. The van der Waals surface area contributed by atoms with Crippen molar-refractivity contribution in [2.75, 3.05) is 7.11 Å². The van der Waals surface area contributed by atoms with E-state index in [-0.39, 0.29) is 0 Å². The van der Waals surface area contributed by atoms with Gasteiger partial charge in [-0.1, -0.05) is 0 Å². The molecule has 18 heavy (non-hydrogen) atoms. The molecular weight excluding hydrogens is 258 g/mol. The van der Waals surface area contributed by atoms with Crippen LogP contribution in [-0.2, 0) is 23.8 Å². The van der Waals surface area contributed by atoms with Crippen LogP contribution in [0.2, 0.25) is 0 Å². The molecule has 1 aliphatic heterocycles. The largest absolute Gasteiger partial charge is 0.466 e. The first-order valence-electron chi connectivity index (χ1n) is 5.66. The van der Waals surface area contributed by atoms with E-state index in [0.717, 1.165) is 18.2 Å². The van der Waals surface area contributed by atoms with Crippen molar-refractivity contribution in [3.05, 3.63) is 23.4 Å². The zero-order valence-electron chi connectivity index (χ0n) is 10.0. The van der Waals surface area contributed by atoms with Crippen LogP contribution in [0.4, 0.5) is 0 Å². The average Bonchev–Trinajstić information content (AvgIpc) is 2.85. The van der Waals surface area contributed by atoms with Crippen LogP contribution in [0.5, 0.6) is 0 Å². The number of ether oxygens (including phenoxy) is 1. The Hall–Kier alpha value is -1.34. The number of hydrogen-bond donors (Lipinski definition) is 1. The molecule has 1 N–H and O–H groups in total. The highest BCUT2D eigenvalue weighted by Crippen LogP contribution is 2.43. The van der Waals surface area contributed by atoms with Crippen molar-refractivity contribution in [3.8, 4) is 0 Å². The predicted octanol–water partition coefficient (Wildman–Crippen LogP) is 0.777. The van der Waals surface area contributed by atoms with Gasteiger partial charge in [0, 0.05) is 12.3 Å². The van der Waals surface area contributed by atoms with E-state index >= 15 is 0 Å². The van der Waals surface area contributed by atoms with Crippen LogP contribution in [0.1, 0.15) is 25.7 Å². The average molecular weight is 273 g/mol. The van der Waals surface area contributed by atoms with E-state index in [4.69, 9.17) is 4.18 Å². The molecule has 0 saturated heterocycles. The molecule has 0 unspecified atom stereocenters. The maximum absolute atomic E-state index is 11.5. The fourth-order valence-corrected chi connectivity index (χ4v) is 3.60. The molecule has 1 fully saturated rings. The van der Waals surface area contributed by atoms with Gasteiger partial charge in [0.05, 0.1) is 18.2 Å². The summed E-state index contributed by atoms with van der Waals surface area (Å²) < 4.78 is 32.6. The smallest absolute Gasteiger partial charge is 0.331 e. The van der Waals surface area contributed by atoms with Crippen LogP contribution >= 0.6 is 0 Å². The summed E-state index contributed by atoms with van der Waals surface area (Å²) in [5, 5.41) is 3.89.